The van der Waals surface area contributed by atoms with Crippen LogP contribution in [0.3, 0.4) is 0 Å². The number of amides is 1. The summed E-state index contributed by atoms with van der Waals surface area (Å²) in [6, 6.07) is 7.51. The number of pyridine rings is 1. The Labute approximate surface area is 197 Å². The summed E-state index contributed by atoms with van der Waals surface area (Å²) in [7, 11) is 0. The second kappa shape index (κ2) is 9.39. The number of hydrogen-bond donors (Lipinski definition) is 1. The van der Waals surface area contributed by atoms with Crippen LogP contribution in [0.2, 0.25) is 0 Å². The van der Waals surface area contributed by atoms with Crippen molar-refractivity contribution in [2.45, 2.75) is 71.5 Å². The van der Waals surface area contributed by atoms with Crippen molar-refractivity contribution in [2.24, 2.45) is 11.8 Å². The first kappa shape index (κ1) is 24.2. The largest absolute Gasteiger partial charge is 0.433 e. The highest BCUT2D eigenvalue weighted by molar-refractivity contribution is 6.04. The smallest absolute Gasteiger partial charge is 0.320 e. The number of benzene rings is 1. The second-order valence-corrected chi connectivity index (χ2v) is 9.93. The van der Waals surface area contributed by atoms with Crippen LogP contribution in [-0.2, 0) is 6.18 Å². The maximum absolute atomic E-state index is 13.0. The standard InChI is InChI=1S/C26H31F3N4O/c1-15(2)17-8-10-19(11-9-17)33-14-18-12-23(20(16(3)4)13-22(18)32-33)31-25(34)21-6-5-7-24(30-21)26(27,28)29/h5-7,12-17,19H,8-11H2,1-4H3,(H,31,34). The van der Waals surface area contributed by atoms with Gasteiger partial charge in [0.05, 0.1) is 11.6 Å². The number of fused-ring (bicyclic) bond motifs is 1. The normalized spacial score (nSPS) is 19.2. The molecule has 1 N–H and O–H groups in total. The van der Waals surface area contributed by atoms with Gasteiger partial charge in [0, 0.05) is 17.3 Å². The summed E-state index contributed by atoms with van der Waals surface area (Å²) >= 11 is 0. The van der Waals surface area contributed by atoms with Crippen LogP contribution in [0.4, 0.5) is 18.9 Å². The molecule has 0 bridgehead atoms. The summed E-state index contributed by atoms with van der Waals surface area (Å²) in [4.78, 5) is 16.3. The SMILES string of the molecule is CC(C)c1cc2nn(C3CCC(C(C)C)CC3)cc2cc1NC(=O)c1cccc(C(F)(F)F)n1. The van der Waals surface area contributed by atoms with Crippen LogP contribution in [-0.4, -0.2) is 20.7 Å². The van der Waals surface area contributed by atoms with Gasteiger partial charge in [0.2, 0.25) is 0 Å². The van der Waals surface area contributed by atoms with E-state index in [0.717, 1.165) is 41.3 Å². The molecule has 3 aromatic rings. The van der Waals surface area contributed by atoms with Gasteiger partial charge in [-0.25, -0.2) is 4.98 Å². The zero-order chi connectivity index (χ0) is 24.6. The van der Waals surface area contributed by atoms with Gasteiger partial charge in [-0.15, -0.1) is 0 Å². The number of alkyl halides is 3. The monoisotopic (exact) mass is 472 g/mol. The van der Waals surface area contributed by atoms with Gasteiger partial charge in [0.1, 0.15) is 11.4 Å². The fraction of sp³-hybridized carbons (Fsp3) is 0.500. The van der Waals surface area contributed by atoms with Crippen LogP contribution in [0.1, 0.15) is 87.1 Å². The quantitative estimate of drug-likeness (QED) is 0.427. The van der Waals surface area contributed by atoms with Crippen molar-refractivity contribution >= 4 is 22.5 Å². The van der Waals surface area contributed by atoms with Gasteiger partial charge in [-0.2, -0.15) is 18.3 Å². The summed E-state index contributed by atoms with van der Waals surface area (Å²) < 4.78 is 41.1. The van der Waals surface area contributed by atoms with E-state index < -0.39 is 17.8 Å². The number of aromatic nitrogens is 3. The Hall–Kier alpha value is -2.90. The van der Waals surface area contributed by atoms with Crippen LogP contribution in [0.5, 0.6) is 0 Å². The minimum atomic E-state index is -4.61. The van der Waals surface area contributed by atoms with E-state index in [1.54, 1.807) is 0 Å². The molecule has 1 aliphatic rings. The Bertz CT molecular complexity index is 1170. The van der Waals surface area contributed by atoms with Gasteiger partial charge >= 0.3 is 6.18 Å². The maximum atomic E-state index is 13.0. The average Bonchev–Trinajstić information content (AvgIpc) is 3.21. The Morgan fingerprint density at radius 3 is 2.41 bits per heavy atom. The van der Waals surface area contributed by atoms with E-state index in [1.807, 2.05) is 36.9 Å². The Balaban J connectivity index is 1.60. The zero-order valence-corrected chi connectivity index (χ0v) is 20.0. The highest BCUT2D eigenvalue weighted by Gasteiger charge is 2.33. The summed E-state index contributed by atoms with van der Waals surface area (Å²) in [5.41, 5.74) is 0.927. The molecule has 0 saturated heterocycles. The third-order valence-corrected chi connectivity index (χ3v) is 6.89. The molecule has 0 spiro atoms. The molecule has 1 aromatic carbocycles. The summed E-state index contributed by atoms with van der Waals surface area (Å²) in [5, 5.41) is 8.50. The van der Waals surface area contributed by atoms with Crippen molar-refractivity contribution in [3.8, 4) is 0 Å². The molecule has 5 nitrogen and oxygen atoms in total. The minimum Gasteiger partial charge on any atom is -0.320 e. The van der Waals surface area contributed by atoms with Gasteiger partial charge in [0.25, 0.3) is 5.91 Å². The van der Waals surface area contributed by atoms with Crippen LogP contribution in [0.25, 0.3) is 10.9 Å². The van der Waals surface area contributed by atoms with E-state index in [2.05, 4.69) is 24.1 Å². The van der Waals surface area contributed by atoms with Gasteiger partial charge < -0.3 is 5.32 Å². The lowest BCUT2D eigenvalue weighted by Gasteiger charge is -2.30. The van der Waals surface area contributed by atoms with E-state index in [0.29, 0.717) is 17.6 Å². The molecule has 1 amide bonds. The molecule has 2 heterocycles. The molecule has 1 saturated carbocycles. The number of hydrogen-bond acceptors (Lipinski definition) is 3. The Kier molecular flexibility index (Phi) is 6.69. The van der Waals surface area contributed by atoms with Gasteiger partial charge in [0.15, 0.2) is 0 Å². The summed E-state index contributed by atoms with van der Waals surface area (Å²) in [5.74, 6) is 0.872. The number of anilines is 1. The van der Waals surface area contributed by atoms with Crippen molar-refractivity contribution in [2.75, 3.05) is 5.32 Å². The van der Waals surface area contributed by atoms with E-state index in [9.17, 15) is 18.0 Å². The lowest BCUT2D eigenvalue weighted by atomic mass is 9.80. The molecule has 2 aromatic heterocycles. The van der Waals surface area contributed by atoms with Gasteiger partial charge in [-0.1, -0.05) is 33.8 Å². The predicted molar refractivity (Wildman–Crippen MR) is 127 cm³/mol. The zero-order valence-electron chi connectivity index (χ0n) is 20.0. The highest BCUT2D eigenvalue weighted by Crippen LogP contribution is 2.37. The Morgan fingerprint density at radius 2 is 1.79 bits per heavy atom. The van der Waals surface area contributed by atoms with E-state index in [1.165, 1.54) is 25.0 Å². The van der Waals surface area contributed by atoms with E-state index in [-0.39, 0.29) is 11.6 Å². The summed E-state index contributed by atoms with van der Waals surface area (Å²) in [6.45, 7) is 8.57. The number of rotatable bonds is 5. The molecule has 0 radical (unpaired) electrons. The second-order valence-electron chi connectivity index (χ2n) is 9.93. The highest BCUT2D eigenvalue weighted by atomic mass is 19.4. The van der Waals surface area contributed by atoms with Crippen LogP contribution in [0.15, 0.2) is 36.5 Å². The molecule has 4 rings (SSSR count). The molecular weight excluding hydrogens is 441 g/mol. The molecular formula is C26H31F3N4O. The van der Waals surface area contributed by atoms with Crippen LogP contribution >= 0.6 is 0 Å². The van der Waals surface area contributed by atoms with Crippen molar-refractivity contribution in [1.29, 1.82) is 0 Å². The topological polar surface area (TPSA) is 59.8 Å². The minimum absolute atomic E-state index is 0.0841. The molecule has 1 fully saturated rings. The van der Waals surface area contributed by atoms with Crippen molar-refractivity contribution < 1.29 is 18.0 Å². The number of nitrogens with zero attached hydrogens (tertiary/aromatic N) is 3. The number of halogens is 3. The lowest BCUT2D eigenvalue weighted by Crippen LogP contribution is -2.21. The molecule has 182 valence electrons. The first-order valence-corrected chi connectivity index (χ1v) is 11.9. The third kappa shape index (κ3) is 5.10. The molecule has 1 aliphatic carbocycles. The van der Waals surface area contributed by atoms with Gasteiger partial charge in [-0.3, -0.25) is 9.48 Å². The van der Waals surface area contributed by atoms with Crippen LogP contribution in [0, 0.1) is 11.8 Å². The number of carbonyl (C=O) groups excluding carboxylic acids is 1. The molecule has 34 heavy (non-hydrogen) atoms. The predicted octanol–water partition coefficient (Wildman–Crippen LogP) is 7.21. The molecule has 0 atom stereocenters. The maximum Gasteiger partial charge on any atom is 0.433 e. The van der Waals surface area contributed by atoms with Crippen molar-refractivity contribution in [3.05, 3.63) is 53.5 Å². The lowest BCUT2D eigenvalue weighted by molar-refractivity contribution is -0.141. The van der Waals surface area contributed by atoms with Crippen molar-refractivity contribution in [3.63, 3.8) is 0 Å². The van der Waals surface area contributed by atoms with Crippen LogP contribution < -0.4 is 5.32 Å². The Morgan fingerprint density at radius 1 is 1.09 bits per heavy atom. The fourth-order valence-corrected chi connectivity index (χ4v) is 4.82. The molecule has 8 heteroatoms. The first-order valence-electron chi connectivity index (χ1n) is 11.9. The van der Waals surface area contributed by atoms with E-state index >= 15 is 0 Å². The molecule has 0 unspecified atom stereocenters. The number of carbonyl (C=O) groups is 1. The third-order valence-electron chi connectivity index (χ3n) is 6.89. The van der Waals surface area contributed by atoms with Crippen molar-refractivity contribution in [1.82, 2.24) is 14.8 Å². The fourth-order valence-electron chi connectivity index (χ4n) is 4.82. The number of nitrogens with one attached hydrogen (secondary N) is 1. The molecule has 0 aliphatic heterocycles. The first-order chi connectivity index (χ1) is 16.0. The van der Waals surface area contributed by atoms with Gasteiger partial charge in [-0.05, 0) is 73.3 Å². The van der Waals surface area contributed by atoms with E-state index in [4.69, 9.17) is 5.10 Å². The average molecular weight is 473 g/mol. The summed E-state index contributed by atoms with van der Waals surface area (Å²) in [6.07, 6.45) is 1.98.